The summed E-state index contributed by atoms with van der Waals surface area (Å²) < 4.78 is 10.5. The van der Waals surface area contributed by atoms with Crippen LogP contribution in [0.1, 0.15) is 34.3 Å². The van der Waals surface area contributed by atoms with E-state index in [0.29, 0.717) is 12.1 Å². The molecule has 1 aliphatic rings. The van der Waals surface area contributed by atoms with Crippen LogP contribution in [0.2, 0.25) is 0 Å². The topological polar surface area (TPSA) is 81.1 Å². The van der Waals surface area contributed by atoms with Crippen molar-refractivity contribution in [2.24, 2.45) is 5.10 Å². The smallest absolute Gasteiger partial charge is 0.312 e. The van der Waals surface area contributed by atoms with Crippen molar-refractivity contribution in [1.29, 1.82) is 0 Å². The summed E-state index contributed by atoms with van der Waals surface area (Å²) in [5, 5.41) is 8.71. The van der Waals surface area contributed by atoms with Gasteiger partial charge in [0.2, 0.25) is 0 Å². The number of hydrazone groups is 1. The van der Waals surface area contributed by atoms with E-state index in [-0.39, 0.29) is 25.0 Å². The maximum absolute atomic E-state index is 13.0. The van der Waals surface area contributed by atoms with Gasteiger partial charge < -0.3 is 9.47 Å². The lowest BCUT2D eigenvalue weighted by molar-refractivity contribution is -0.152. The zero-order valence-electron chi connectivity index (χ0n) is 17.9. The summed E-state index contributed by atoms with van der Waals surface area (Å²) in [7, 11) is 1.61. The first kappa shape index (κ1) is 21.7. The first-order valence-corrected chi connectivity index (χ1v) is 11.1. The lowest BCUT2D eigenvalue weighted by Crippen LogP contribution is -2.31. The Morgan fingerprint density at radius 2 is 1.88 bits per heavy atom. The van der Waals surface area contributed by atoms with Crippen LogP contribution in [0.15, 0.2) is 65.1 Å². The second kappa shape index (κ2) is 9.74. The second-order valence-electron chi connectivity index (χ2n) is 7.34. The number of aryl methyl sites for hydroxylation is 1. The molecule has 1 amide bonds. The number of rotatable bonds is 7. The van der Waals surface area contributed by atoms with E-state index < -0.39 is 5.97 Å². The molecule has 0 N–H and O–H groups in total. The van der Waals surface area contributed by atoms with Gasteiger partial charge in [0.05, 0.1) is 36.0 Å². The molecule has 0 saturated carbocycles. The highest BCUT2D eigenvalue weighted by molar-refractivity contribution is 7.09. The van der Waals surface area contributed by atoms with Gasteiger partial charge in [-0.05, 0) is 30.2 Å². The molecule has 0 saturated heterocycles. The highest BCUT2D eigenvalue weighted by atomic mass is 32.1. The SMILES string of the molecule is COc1ccc(C2CC(c3ccccc3)=NN2C(=O)COC(=O)Cc2csc(C)n2)cc1. The quantitative estimate of drug-likeness (QED) is 0.511. The van der Waals surface area contributed by atoms with E-state index >= 15 is 0 Å². The molecule has 1 aliphatic heterocycles. The van der Waals surface area contributed by atoms with Crippen LogP contribution in [0.25, 0.3) is 0 Å². The van der Waals surface area contributed by atoms with Crippen molar-refractivity contribution in [2.45, 2.75) is 25.8 Å². The molecule has 7 nitrogen and oxygen atoms in total. The third kappa shape index (κ3) is 5.03. The summed E-state index contributed by atoms with van der Waals surface area (Å²) in [5.74, 6) is -0.129. The van der Waals surface area contributed by atoms with Gasteiger partial charge in [-0.2, -0.15) is 5.10 Å². The van der Waals surface area contributed by atoms with Crippen LogP contribution in [0.5, 0.6) is 5.75 Å². The molecule has 0 aliphatic carbocycles. The minimum atomic E-state index is -0.490. The van der Waals surface area contributed by atoms with E-state index in [2.05, 4.69) is 10.1 Å². The van der Waals surface area contributed by atoms with Crippen LogP contribution in [0.3, 0.4) is 0 Å². The maximum atomic E-state index is 13.0. The van der Waals surface area contributed by atoms with E-state index in [9.17, 15) is 9.59 Å². The largest absolute Gasteiger partial charge is 0.497 e. The standard InChI is InChI=1S/C24H23N3O4S/c1-16-25-19(15-32-16)12-24(29)31-14-23(28)27-22(18-8-10-20(30-2)11-9-18)13-21(26-27)17-6-4-3-5-7-17/h3-11,15,22H,12-14H2,1-2H3. The first-order chi connectivity index (χ1) is 15.5. The van der Waals surface area contributed by atoms with Crippen molar-refractivity contribution in [1.82, 2.24) is 9.99 Å². The molecule has 1 unspecified atom stereocenters. The molecule has 1 aromatic heterocycles. The molecule has 2 heterocycles. The molecule has 32 heavy (non-hydrogen) atoms. The Bertz CT molecular complexity index is 1130. The molecular weight excluding hydrogens is 426 g/mol. The molecule has 4 rings (SSSR count). The number of thiazole rings is 1. The third-order valence-corrected chi connectivity index (χ3v) is 5.94. The Balaban J connectivity index is 1.49. The first-order valence-electron chi connectivity index (χ1n) is 10.2. The van der Waals surface area contributed by atoms with E-state index in [4.69, 9.17) is 9.47 Å². The van der Waals surface area contributed by atoms with Gasteiger partial charge in [0, 0.05) is 11.8 Å². The van der Waals surface area contributed by atoms with Crippen LogP contribution in [0, 0.1) is 6.92 Å². The van der Waals surface area contributed by atoms with Gasteiger partial charge in [0.1, 0.15) is 5.75 Å². The average Bonchev–Trinajstić information content (AvgIpc) is 3.44. The Hall–Kier alpha value is -3.52. The van der Waals surface area contributed by atoms with Crippen molar-refractivity contribution in [2.75, 3.05) is 13.7 Å². The maximum Gasteiger partial charge on any atom is 0.312 e. The van der Waals surface area contributed by atoms with Gasteiger partial charge in [-0.25, -0.2) is 9.99 Å². The van der Waals surface area contributed by atoms with Crippen molar-refractivity contribution < 1.29 is 19.1 Å². The van der Waals surface area contributed by atoms with Crippen LogP contribution in [-0.2, 0) is 20.7 Å². The van der Waals surface area contributed by atoms with Gasteiger partial charge in [-0.15, -0.1) is 11.3 Å². The number of benzene rings is 2. The number of hydrogen-bond acceptors (Lipinski definition) is 7. The minimum Gasteiger partial charge on any atom is -0.497 e. The molecule has 1 atom stereocenters. The average molecular weight is 450 g/mol. The molecule has 0 radical (unpaired) electrons. The lowest BCUT2D eigenvalue weighted by atomic mass is 9.98. The van der Waals surface area contributed by atoms with Crippen molar-refractivity contribution in [3.8, 4) is 5.75 Å². The predicted octanol–water partition coefficient (Wildman–Crippen LogP) is 3.92. The normalized spacial score (nSPS) is 15.4. The van der Waals surface area contributed by atoms with Crippen LogP contribution >= 0.6 is 11.3 Å². The second-order valence-corrected chi connectivity index (χ2v) is 8.40. The summed E-state index contributed by atoms with van der Waals surface area (Å²) >= 11 is 1.47. The molecule has 164 valence electrons. The fraction of sp³-hybridized carbons (Fsp3) is 0.250. The fourth-order valence-electron chi connectivity index (χ4n) is 3.53. The van der Waals surface area contributed by atoms with E-state index in [1.165, 1.54) is 16.3 Å². The van der Waals surface area contributed by atoms with Crippen LogP contribution in [-0.4, -0.2) is 41.3 Å². The number of carbonyl (C=O) groups is 2. The number of aromatic nitrogens is 1. The van der Waals surface area contributed by atoms with Crippen LogP contribution in [0.4, 0.5) is 0 Å². The zero-order valence-corrected chi connectivity index (χ0v) is 18.7. The van der Waals surface area contributed by atoms with Gasteiger partial charge in [0.15, 0.2) is 6.61 Å². The number of hydrogen-bond donors (Lipinski definition) is 0. The van der Waals surface area contributed by atoms with Gasteiger partial charge >= 0.3 is 5.97 Å². The summed E-state index contributed by atoms with van der Waals surface area (Å²) in [6.07, 6.45) is 0.603. The van der Waals surface area contributed by atoms with E-state index in [1.807, 2.05) is 66.9 Å². The summed E-state index contributed by atoms with van der Waals surface area (Å²) in [4.78, 5) is 29.4. The number of carbonyl (C=O) groups excluding carboxylic acids is 2. The Morgan fingerprint density at radius 3 is 2.53 bits per heavy atom. The summed E-state index contributed by atoms with van der Waals surface area (Å²) in [6.45, 7) is 1.50. The van der Waals surface area contributed by atoms with E-state index in [0.717, 1.165) is 27.6 Å². The number of methoxy groups -OCH3 is 1. The Kier molecular flexibility index (Phi) is 6.61. The number of ether oxygens (including phenoxy) is 2. The predicted molar refractivity (Wildman–Crippen MR) is 122 cm³/mol. The Morgan fingerprint density at radius 1 is 1.12 bits per heavy atom. The number of nitrogens with zero attached hydrogens (tertiary/aromatic N) is 3. The molecule has 0 fully saturated rings. The molecule has 3 aromatic rings. The molecule has 0 bridgehead atoms. The monoisotopic (exact) mass is 449 g/mol. The van der Waals surface area contributed by atoms with E-state index in [1.54, 1.807) is 7.11 Å². The number of amides is 1. The molecule has 0 spiro atoms. The van der Waals surface area contributed by atoms with Crippen LogP contribution < -0.4 is 4.74 Å². The fourth-order valence-corrected chi connectivity index (χ4v) is 4.14. The van der Waals surface area contributed by atoms with Gasteiger partial charge in [-0.1, -0.05) is 42.5 Å². The van der Waals surface area contributed by atoms with Crippen molar-refractivity contribution >= 4 is 28.9 Å². The van der Waals surface area contributed by atoms with Gasteiger partial charge in [-0.3, -0.25) is 9.59 Å². The number of esters is 1. The highest BCUT2D eigenvalue weighted by Gasteiger charge is 2.33. The molecular formula is C24H23N3O4S. The summed E-state index contributed by atoms with van der Waals surface area (Å²) in [6, 6.07) is 17.0. The van der Waals surface area contributed by atoms with Crippen molar-refractivity contribution in [3.05, 3.63) is 81.8 Å². The van der Waals surface area contributed by atoms with Gasteiger partial charge in [0.25, 0.3) is 5.91 Å². The Labute approximate surface area is 190 Å². The summed E-state index contributed by atoms with van der Waals surface area (Å²) in [5.41, 5.74) is 3.34. The van der Waals surface area contributed by atoms with Crippen molar-refractivity contribution in [3.63, 3.8) is 0 Å². The lowest BCUT2D eigenvalue weighted by Gasteiger charge is -2.22. The zero-order chi connectivity index (χ0) is 22.5. The highest BCUT2D eigenvalue weighted by Crippen LogP contribution is 2.33. The third-order valence-electron chi connectivity index (χ3n) is 5.12. The molecule has 2 aromatic carbocycles. The molecule has 8 heteroatoms. The minimum absolute atomic E-state index is 0.0397.